The van der Waals surface area contributed by atoms with Gasteiger partial charge in [0.15, 0.2) is 0 Å². The smallest absolute Gasteiger partial charge is 0.243 e. The fourth-order valence-electron chi connectivity index (χ4n) is 3.31. The summed E-state index contributed by atoms with van der Waals surface area (Å²) in [6.45, 7) is 1.95. The molecule has 1 aliphatic carbocycles. The Morgan fingerprint density at radius 3 is 2.59 bits per heavy atom. The molecule has 0 aliphatic heterocycles. The van der Waals surface area contributed by atoms with Gasteiger partial charge in [0.1, 0.15) is 0 Å². The van der Waals surface area contributed by atoms with E-state index in [9.17, 15) is 8.42 Å². The van der Waals surface area contributed by atoms with E-state index >= 15 is 0 Å². The van der Waals surface area contributed by atoms with Crippen molar-refractivity contribution >= 4 is 20.9 Å². The van der Waals surface area contributed by atoms with E-state index in [1.807, 2.05) is 19.1 Å². The molecule has 0 atom stereocenters. The molecule has 5 heteroatoms. The van der Waals surface area contributed by atoms with Gasteiger partial charge in [0.25, 0.3) is 0 Å². The summed E-state index contributed by atoms with van der Waals surface area (Å²) in [5.41, 5.74) is 1.76. The van der Waals surface area contributed by atoms with Crippen LogP contribution in [0.3, 0.4) is 0 Å². The molecule has 118 valence electrons. The van der Waals surface area contributed by atoms with Gasteiger partial charge in [-0.2, -0.15) is 4.31 Å². The van der Waals surface area contributed by atoms with Crippen molar-refractivity contribution in [3.63, 3.8) is 0 Å². The van der Waals surface area contributed by atoms with Crippen LogP contribution in [0.4, 0.5) is 0 Å². The molecule has 4 nitrogen and oxygen atoms in total. The van der Waals surface area contributed by atoms with Gasteiger partial charge in [-0.3, -0.25) is 4.98 Å². The fourth-order valence-corrected chi connectivity index (χ4v) is 4.90. The first-order valence-electron chi connectivity index (χ1n) is 7.84. The molecule has 0 N–H and O–H groups in total. The quantitative estimate of drug-likeness (QED) is 0.870. The molecule has 0 saturated heterocycles. The Hall–Kier alpha value is -1.46. The van der Waals surface area contributed by atoms with Crippen LogP contribution in [-0.2, 0) is 10.0 Å². The third-order valence-electron chi connectivity index (χ3n) is 4.68. The summed E-state index contributed by atoms with van der Waals surface area (Å²) in [5.74, 6) is 0. The van der Waals surface area contributed by atoms with E-state index in [0.29, 0.717) is 10.3 Å². The van der Waals surface area contributed by atoms with Gasteiger partial charge in [-0.25, -0.2) is 8.42 Å². The van der Waals surface area contributed by atoms with Crippen LogP contribution in [-0.4, -0.2) is 30.8 Å². The number of hydrogen-bond acceptors (Lipinski definition) is 3. The van der Waals surface area contributed by atoms with Crippen LogP contribution in [0.25, 0.3) is 10.9 Å². The first-order chi connectivity index (χ1) is 10.5. The minimum atomic E-state index is -3.49. The molecule has 0 amide bonds. The number of sulfonamides is 1. The standard InChI is InChI=1S/C17H22N2O2S/c1-13-10-11-16(15-9-6-12-18-17(13)15)22(20,21)19(2)14-7-4-3-5-8-14/h6,9-12,14H,3-5,7-8H2,1-2H3. The van der Waals surface area contributed by atoms with Crippen LogP contribution < -0.4 is 0 Å². The maximum absolute atomic E-state index is 13.1. The van der Waals surface area contributed by atoms with E-state index in [1.54, 1.807) is 29.7 Å². The zero-order chi connectivity index (χ0) is 15.7. The van der Waals surface area contributed by atoms with Crippen molar-refractivity contribution in [3.8, 4) is 0 Å². The third-order valence-corrected chi connectivity index (χ3v) is 6.65. The largest absolute Gasteiger partial charge is 0.256 e. The van der Waals surface area contributed by atoms with Crippen LogP contribution in [0.15, 0.2) is 35.4 Å². The van der Waals surface area contributed by atoms with Gasteiger partial charge in [-0.05, 0) is 43.5 Å². The summed E-state index contributed by atoms with van der Waals surface area (Å²) in [4.78, 5) is 4.71. The van der Waals surface area contributed by atoms with E-state index in [4.69, 9.17) is 0 Å². The summed E-state index contributed by atoms with van der Waals surface area (Å²) in [6, 6.07) is 7.32. The van der Waals surface area contributed by atoms with E-state index in [1.165, 1.54) is 6.42 Å². The van der Waals surface area contributed by atoms with Crippen LogP contribution in [0, 0.1) is 6.92 Å². The number of nitrogens with zero attached hydrogens (tertiary/aromatic N) is 2. The summed E-state index contributed by atoms with van der Waals surface area (Å²) >= 11 is 0. The zero-order valence-corrected chi connectivity index (χ0v) is 13.9. The Morgan fingerprint density at radius 2 is 1.86 bits per heavy atom. The highest BCUT2D eigenvalue weighted by atomic mass is 32.2. The van der Waals surface area contributed by atoms with Gasteiger partial charge in [0.05, 0.1) is 10.4 Å². The van der Waals surface area contributed by atoms with Crippen molar-refractivity contribution in [2.75, 3.05) is 7.05 Å². The average molecular weight is 318 g/mol. The van der Waals surface area contributed by atoms with Gasteiger partial charge in [0.2, 0.25) is 10.0 Å². The molecule has 0 radical (unpaired) electrons. The second kappa shape index (κ2) is 5.97. The second-order valence-corrected chi connectivity index (χ2v) is 8.06. The Labute approximate surface area is 132 Å². The lowest BCUT2D eigenvalue weighted by Crippen LogP contribution is -2.38. The third kappa shape index (κ3) is 2.63. The molecule has 0 unspecified atom stereocenters. The highest BCUT2D eigenvalue weighted by Crippen LogP contribution is 2.30. The zero-order valence-electron chi connectivity index (χ0n) is 13.1. The molecule has 22 heavy (non-hydrogen) atoms. The van der Waals surface area contributed by atoms with E-state index in [0.717, 1.165) is 36.8 Å². The van der Waals surface area contributed by atoms with Crippen molar-refractivity contribution in [1.29, 1.82) is 0 Å². The van der Waals surface area contributed by atoms with E-state index < -0.39 is 10.0 Å². The molecule has 1 aromatic heterocycles. The van der Waals surface area contributed by atoms with Crippen molar-refractivity contribution in [2.45, 2.75) is 50.0 Å². The van der Waals surface area contributed by atoms with Gasteiger partial charge < -0.3 is 0 Å². The monoisotopic (exact) mass is 318 g/mol. The van der Waals surface area contributed by atoms with Gasteiger partial charge in [-0.15, -0.1) is 0 Å². The first-order valence-corrected chi connectivity index (χ1v) is 9.28. The predicted octanol–water partition coefficient (Wildman–Crippen LogP) is 3.50. The summed E-state index contributed by atoms with van der Waals surface area (Å²) in [7, 11) is -1.77. The molecular weight excluding hydrogens is 296 g/mol. The number of hydrogen-bond donors (Lipinski definition) is 0. The van der Waals surface area contributed by atoms with E-state index in [-0.39, 0.29) is 6.04 Å². The molecule has 1 heterocycles. The molecule has 0 spiro atoms. The maximum atomic E-state index is 13.1. The normalized spacial score (nSPS) is 17.2. The summed E-state index contributed by atoms with van der Waals surface area (Å²) in [5, 5.41) is 0.713. The van der Waals surface area contributed by atoms with Crippen LogP contribution in [0.5, 0.6) is 0 Å². The molecule has 3 rings (SSSR count). The van der Waals surface area contributed by atoms with Crippen LogP contribution in [0.2, 0.25) is 0 Å². The Kier molecular flexibility index (Phi) is 4.19. The SMILES string of the molecule is Cc1ccc(S(=O)(=O)N(C)C2CCCCC2)c2cccnc12. The van der Waals surface area contributed by atoms with E-state index in [2.05, 4.69) is 4.98 Å². The first kappa shape index (κ1) is 15.4. The summed E-state index contributed by atoms with van der Waals surface area (Å²) in [6.07, 6.45) is 7.05. The topological polar surface area (TPSA) is 50.3 Å². The molecule has 1 aromatic carbocycles. The second-order valence-electron chi connectivity index (χ2n) is 6.09. The van der Waals surface area contributed by atoms with Crippen molar-refractivity contribution in [2.24, 2.45) is 0 Å². The summed E-state index contributed by atoms with van der Waals surface area (Å²) < 4.78 is 27.7. The number of benzene rings is 1. The molecular formula is C17H22N2O2S. The van der Waals surface area contributed by atoms with Crippen molar-refractivity contribution in [1.82, 2.24) is 9.29 Å². The lowest BCUT2D eigenvalue weighted by atomic mass is 9.96. The van der Waals surface area contributed by atoms with Gasteiger partial charge in [-0.1, -0.05) is 25.3 Å². The molecule has 1 aliphatic rings. The van der Waals surface area contributed by atoms with Gasteiger partial charge in [0, 0.05) is 24.7 Å². The molecule has 1 saturated carbocycles. The van der Waals surface area contributed by atoms with Gasteiger partial charge >= 0.3 is 0 Å². The number of fused-ring (bicyclic) bond motifs is 1. The van der Waals surface area contributed by atoms with Crippen molar-refractivity contribution in [3.05, 3.63) is 36.0 Å². The molecule has 0 bridgehead atoms. The van der Waals surface area contributed by atoms with Crippen molar-refractivity contribution < 1.29 is 8.42 Å². The average Bonchev–Trinajstić information content (AvgIpc) is 2.55. The highest BCUT2D eigenvalue weighted by Gasteiger charge is 2.30. The lowest BCUT2D eigenvalue weighted by Gasteiger charge is -2.30. The lowest BCUT2D eigenvalue weighted by molar-refractivity contribution is 0.286. The number of pyridine rings is 1. The molecule has 1 fully saturated rings. The van der Waals surface area contributed by atoms with Crippen LogP contribution in [0.1, 0.15) is 37.7 Å². The Balaban J connectivity index is 2.07. The number of aryl methyl sites for hydroxylation is 1. The fraction of sp³-hybridized carbons (Fsp3) is 0.471. The highest BCUT2D eigenvalue weighted by molar-refractivity contribution is 7.89. The molecule has 2 aromatic rings. The van der Waals surface area contributed by atoms with Crippen LogP contribution >= 0.6 is 0 Å². The Bertz CT molecular complexity index is 780. The minimum absolute atomic E-state index is 0.117. The maximum Gasteiger partial charge on any atom is 0.243 e. The Morgan fingerprint density at radius 1 is 1.14 bits per heavy atom. The number of rotatable bonds is 3. The minimum Gasteiger partial charge on any atom is -0.256 e. The number of aromatic nitrogens is 1. The predicted molar refractivity (Wildman–Crippen MR) is 88.3 cm³/mol.